The number of rotatable bonds is 4. The van der Waals surface area contributed by atoms with E-state index in [0.717, 1.165) is 24.2 Å². The molecule has 1 saturated carbocycles. The van der Waals surface area contributed by atoms with Gasteiger partial charge in [0.2, 0.25) is 0 Å². The Morgan fingerprint density at radius 1 is 1.21 bits per heavy atom. The first kappa shape index (κ1) is 11.8. The van der Waals surface area contributed by atoms with Gasteiger partial charge in [0.1, 0.15) is 6.33 Å². The Bertz CT molecular complexity index is 605. The number of nitrogens with zero attached hydrogens (tertiary/aromatic N) is 3. The second kappa shape index (κ2) is 4.46. The first-order valence-electron chi connectivity index (χ1n) is 6.16. The molecule has 2 aromatic rings. The first-order valence-corrected chi connectivity index (χ1v) is 6.16. The fourth-order valence-corrected chi connectivity index (χ4v) is 2.14. The zero-order chi connectivity index (χ0) is 13.4. The van der Waals surface area contributed by atoms with Crippen LogP contribution < -0.4 is 15.2 Å². The van der Waals surface area contributed by atoms with E-state index in [1.807, 2.05) is 6.07 Å². The molecule has 1 heterocycles. The van der Waals surface area contributed by atoms with Gasteiger partial charge in [-0.15, -0.1) is 10.2 Å². The number of nitrogens with two attached hydrogens (primary N) is 1. The maximum Gasteiger partial charge on any atom is 0.166 e. The molecule has 3 rings (SSSR count). The highest BCUT2D eigenvalue weighted by atomic mass is 16.5. The lowest BCUT2D eigenvalue weighted by molar-refractivity contribution is 0.355. The number of hydrogen-bond acceptors (Lipinski definition) is 5. The first-order chi connectivity index (χ1) is 9.24. The minimum Gasteiger partial charge on any atom is -0.493 e. The van der Waals surface area contributed by atoms with Crippen LogP contribution in [0.4, 0.5) is 5.69 Å². The van der Waals surface area contributed by atoms with Crippen LogP contribution in [0.2, 0.25) is 0 Å². The molecule has 1 aromatic heterocycles. The molecule has 0 radical (unpaired) electrons. The molecule has 1 aliphatic carbocycles. The zero-order valence-electron chi connectivity index (χ0n) is 11.0. The number of benzene rings is 1. The number of ether oxygens (including phenoxy) is 2. The Hall–Kier alpha value is -2.24. The largest absolute Gasteiger partial charge is 0.493 e. The average Bonchev–Trinajstić information content (AvgIpc) is 3.16. The van der Waals surface area contributed by atoms with Crippen molar-refractivity contribution in [2.45, 2.75) is 18.9 Å². The molecule has 0 saturated heterocycles. The lowest BCUT2D eigenvalue weighted by Crippen LogP contribution is -2.01. The van der Waals surface area contributed by atoms with Crippen molar-refractivity contribution in [3.8, 4) is 22.9 Å². The summed E-state index contributed by atoms with van der Waals surface area (Å²) >= 11 is 0. The smallest absolute Gasteiger partial charge is 0.166 e. The van der Waals surface area contributed by atoms with Crippen LogP contribution >= 0.6 is 0 Å². The van der Waals surface area contributed by atoms with E-state index >= 15 is 0 Å². The van der Waals surface area contributed by atoms with Gasteiger partial charge >= 0.3 is 0 Å². The van der Waals surface area contributed by atoms with Crippen LogP contribution in [0.1, 0.15) is 18.9 Å². The Balaban J connectivity index is 2.11. The molecule has 0 atom stereocenters. The number of methoxy groups -OCH3 is 2. The molecular formula is C13H16N4O2. The predicted molar refractivity (Wildman–Crippen MR) is 71.2 cm³/mol. The summed E-state index contributed by atoms with van der Waals surface area (Å²) in [5.74, 6) is 2.03. The predicted octanol–water partition coefficient (Wildman–Crippen LogP) is 1.88. The van der Waals surface area contributed by atoms with Crippen LogP contribution in [-0.2, 0) is 0 Å². The standard InChI is InChI=1S/C13H16N4O2/c1-18-11-5-9(10(14)6-12(11)19-2)13-16-15-7-17(13)8-3-4-8/h5-8H,3-4,14H2,1-2H3. The van der Waals surface area contributed by atoms with Gasteiger partial charge in [-0.1, -0.05) is 0 Å². The number of nitrogen functional groups attached to an aromatic ring is 1. The minimum absolute atomic E-state index is 0.498. The minimum atomic E-state index is 0.498. The monoisotopic (exact) mass is 260 g/mol. The summed E-state index contributed by atoms with van der Waals surface area (Å²) in [7, 11) is 3.19. The van der Waals surface area contributed by atoms with Crippen molar-refractivity contribution in [1.82, 2.24) is 14.8 Å². The summed E-state index contributed by atoms with van der Waals surface area (Å²) in [5, 5.41) is 8.16. The molecule has 0 unspecified atom stereocenters. The molecule has 0 amide bonds. The quantitative estimate of drug-likeness (QED) is 0.849. The fraction of sp³-hybridized carbons (Fsp3) is 0.385. The Morgan fingerprint density at radius 3 is 2.53 bits per heavy atom. The van der Waals surface area contributed by atoms with Crippen molar-refractivity contribution in [2.24, 2.45) is 0 Å². The van der Waals surface area contributed by atoms with Gasteiger partial charge in [-0.05, 0) is 18.9 Å². The van der Waals surface area contributed by atoms with Crippen molar-refractivity contribution in [2.75, 3.05) is 20.0 Å². The zero-order valence-corrected chi connectivity index (χ0v) is 11.0. The van der Waals surface area contributed by atoms with E-state index in [1.54, 1.807) is 26.6 Å². The van der Waals surface area contributed by atoms with Gasteiger partial charge in [0, 0.05) is 23.4 Å². The van der Waals surface area contributed by atoms with E-state index in [1.165, 1.54) is 0 Å². The maximum absolute atomic E-state index is 6.08. The highest BCUT2D eigenvalue weighted by Gasteiger charge is 2.27. The molecule has 2 N–H and O–H groups in total. The third kappa shape index (κ3) is 1.99. The summed E-state index contributed by atoms with van der Waals surface area (Å²) in [6.45, 7) is 0. The van der Waals surface area contributed by atoms with E-state index in [-0.39, 0.29) is 0 Å². The molecule has 0 aliphatic heterocycles. The van der Waals surface area contributed by atoms with E-state index in [0.29, 0.717) is 23.2 Å². The van der Waals surface area contributed by atoms with Crippen LogP contribution in [0.25, 0.3) is 11.4 Å². The molecule has 100 valence electrons. The van der Waals surface area contributed by atoms with Crippen molar-refractivity contribution >= 4 is 5.69 Å². The molecule has 0 bridgehead atoms. The molecular weight excluding hydrogens is 244 g/mol. The summed E-state index contributed by atoms with van der Waals surface area (Å²) in [6, 6.07) is 4.09. The Labute approximate surface area is 111 Å². The third-order valence-electron chi connectivity index (χ3n) is 3.31. The van der Waals surface area contributed by atoms with Gasteiger partial charge in [0.25, 0.3) is 0 Å². The molecule has 19 heavy (non-hydrogen) atoms. The third-order valence-corrected chi connectivity index (χ3v) is 3.31. The van der Waals surface area contributed by atoms with Crippen LogP contribution in [0.15, 0.2) is 18.5 Å². The highest BCUT2D eigenvalue weighted by molar-refractivity contribution is 5.76. The molecule has 1 fully saturated rings. The van der Waals surface area contributed by atoms with Gasteiger partial charge in [-0.2, -0.15) is 0 Å². The second-order valence-electron chi connectivity index (χ2n) is 4.59. The average molecular weight is 260 g/mol. The van der Waals surface area contributed by atoms with Gasteiger partial charge in [-0.3, -0.25) is 0 Å². The van der Waals surface area contributed by atoms with Gasteiger partial charge in [0.15, 0.2) is 17.3 Å². The summed E-state index contributed by atoms with van der Waals surface area (Å²) < 4.78 is 12.6. The Kier molecular flexibility index (Phi) is 2.77. The molecule has 0 spiro atoms. The van der Waals surface area contributed by atoms with Crippen LogP contribution in [0, 0.1) is 0 Å². The summed E-state index contributed by atoms with van der Waals surface area (Å²) in [5.41, 5.74) is 7.51. The van der Waals surface area contributed by atoms with Gasteiger partial charge in [-0.25, -0.2) is 0 Å². The summed E-state index contributed by atoms with van der Waals surface area (Å²) in [6.07, 6.45) is 4.08. The normalized spacial score (nSPS) is 14.4. The lowest BCUT2D eigenvalue weighted by atomic mass is 10.1. The maximum atomic E-state index is 6.08. The second-order valence-corrected chi connectivity index (χ2v) is 4.59. The topological polar surface area (TPSA) is 75.2 Å². The van der Waals surface area contributed by atoms with Crippen molar-refractivity contribution in [1.29, 1.82) is 0 Å². The summed E-state index contributed by atoms with van der Waals surface area (Å²) in [4.78, 5) is 0. The van der Waals surface area contributed by atoms with Crippen molar-refractivity contribution in [3.05, 3.63) is 18.5 Å². The van der Waals surface area contributed by atoms with E-state index < -0.39 is 0 Å². The van der Waals surface area contributed by atoms with Gasteiger partial charge < -0.3 is 19.8 Å². The van der Waals surface area contributed by atoms with Crippen LogP contribution in [-0.4, -0.2) is 29.0 Å². The van der Waals surface area contributed by atoms with E-state index in [9.17, 15) is 0 Å². The number of hydrogen-bond donors (Lipinski definition) is 1. The molecule has 6 nitrogen and oxygen atoms in total. The lowest BCUT2D eigenvalue weighted by Gasteiger charge is -2.12. The SMILES string of the molecule is COc1cc(N)c(-c2nncn2C2CC2)cc1OC. The fourth-order valence-electron chi connectivity index (χ4n) is 2.14. The van der Waals surface area contributed by atoms with E-state index in [4.69, 9.17) is 15.2 Å². The van der Waals surface area contributed by atoms with Crippen LogP contribution in [0.5, 0.6) is 11.5 Å². The van der Waals surface area contributed by atoms with Crippen molar-refractivity contribution in [3.63, 3.8) is 0 Å². The molecule has 1 aliphatic rings. The number of aromatic nitrogens is 3. The Morgan fingerprint density at radius 2 is 1.89 bits per heavy atom. The van der Waals surface area contributed by atoms with E-state index in [2.05, 4.69) is 14.8 Å². The highest BCUT2D eigenvalue weighted by Crippen LogP contribution is 2.41. The molecule has 6 heteroatoms. The molecule has 1 aromatic carbocycles. The number of anilines is 1. The van der Waals surface area contributed by atoms with Crippen molar-refractivity contribution < 1.29 is 9.47 Å². The van der Waals surface area contributed by atoms with Gasteiger partial charge in [0.05, 0.1) is 14.2 Å². The van der Waals surface area contributed by atoms with Crippen LogP contribution in [0.3, 0.4) is 0 Å².